The Labute approximate surface area is 139 Å². The number of hydrogen-bond donors (Lipinski definition) is 0. The van der Waals surface area contributed by atoms with E-state index in [0.29, 0.717) is 24.9 Å². The van der Waals surface area contributed by atoms with E-state index in [1.807, 2.05) is 0 Å². The molecule has 1 saturated heterocycles. The van der Waals surface area contributed by atoms with E-state index in [1.165, 1.54) is 24.3 Å². The zero-order chi connectivity index (χ0) is 17.5. The van der Waals surface area contributed by atoms with E-state index in [4.69, 9.17) is 19.2 Å². The lowest BCUT2D eigenvalue weighted by Gasteiger charge is -2.28. The minimum absolute atomic E-state index is 0.0827. The number of ether oxygens (including phenoxy) is 2. The molecule has 8 nitrogen and oxygen atoms in total. The Morgan fingerprint density at radius 1 is 1.29 bits per heavy atom. The fraction of sp³-hybridized carbons (Fsp3) is 0.562. The van der Waals surface area contributed by atoms with Crippen molar-refractivity contribution < 1.29 is 29.0 Å². The zero-order valence-electron chi connectivity index (χ0n) is 13.7. The number of hydrogen-bond acceptors (Lipinski definition) is 7. The SMILES string of the molecule is CCC1COOCC(OC(=O)Oc2ccc([N+](=O)[O-])cc2)CC1C. The molecular weight excluding hydrogens is 318 g/mol. The first kappa shape index (κ1) is 18.2. The second-order valence-electron chi connectivity index (χ2n) is 5.79. The summed E-state index contributed by atoms with van der Waals surface area (Å²) in [5.41, 5.74) is -0.0827. The van der Waals surface area contributed by atoms with Crippen LogP contribution in [-0.4, -0.2) is 30.4 Å². The van der Waals surface area contributed by atoms with Crippen LogP contribution >= 0.6 is 0 Å². The number of nitro groups is 1. The third kappa shape index (κ3) is 5.17. The Kier molecular flexibility index (Phi) is 6.51. The molecule has 24 heavy (non-hydrogen) atoms. The maximum Gasteiger partial charge on any atom is 0.514 e. The minimum atomic E-state index is -0.877. The summed E-state index contributed by atoms with van der Waals surface area (Å²) in [6.45, 7) is 4.82. The molecule has 0 spiro atoms. The van der Waals surface area contributed by atoms with Gasteiger partial charge in [-0.25, -0.2) is 14.6 Å². The summed E-state index contributed by atoms with van der Waals surface area (Å²) < 4.78 is 10.3. The average molecular weight is 339 g/mol. The van der Waals surface area contributed by atoms with E-state index in [1.54, 1.807) is 0 Å². The molecule has 0 saturated carbocycles. The standard InChI is InChI=1S/C16H21NO7/c1-3-12-9-21-22-10-15(8-11(12)2)24-16(18)23-14-6-4-13(5-7-14)17(19)20/h4-7,11-12,15H,3,8-10H2,1-2H3. The fourth-order valence-electron chi connectivity index (χ4n) is 2.59. The van der Waals surface area contributed by atoms with Crippen molar-refractivity contribution in [3.8, 4) is 5.75 Å². The summed E-state index contributed by atoms with van der Waals surface area (Å²) in [4.78, 5) is 32.1. The minimum Gasteiger partial charge on any atom is -0.428 e. The Balaban J connectivity index is 1.89. The van der Waals surface area contributed by atoms with E-state index >= 15 is 0 Å². The predicted octanol–water partition coefficient (Wildman–Crippen LogP) is 3.49. The number of rotatable bonds is 4. The highest BCUT2D eigenvalue weighted by molar-refractivity contribution is 5.64. The second-order valence-corrected chi connectivity index (χ2v) is 5.79. The van der Waals surface area contributed by atoms with E-state index < -0.39 is 17.2 Å². The fourth-order valence-corrected chi connectivity index (χ4v) is 2.59. The van der Waals surface area contributed by atoms with Gasteiger partial charge in [0.2, 0.25) is 0 Å². The molecule has 0 radical (unpaired) electrons. The lowest BCUT2D eigenvalue weighted by Crippen LogP contribution is -2.33. The quantitative estimate of drug-likeness (QED) is 0.272. The highest BCUT2D eigenvalue weighted by Gasteiger charge is 2.27. The zero-order valence-corrected chi connectivity index (χ0v) is 13.7. The Morgan fingerprint density at radius 3 is 2.58 bits per heavy atom. The number of nitrogens with zero attached hydrogens (tertiary/aromatic N) is 1. The number of non-ortho nitro benzene ring substituents is 1. The third-order valence-corrected chi connectivity index (χ3v) is 4.09. The van der Waals surface area contributed by atoms with Crippen molar-refractivity contribution in [2.24, 2.45) is 11.8 Å². The highest BCUT2D eigenvalue weighted by Crippen LogP contribution is 2.25. The molecule has 1 heterocycles. The second kappa shape index (κ2) is 8.60. The summed E-state index contributed by atoms with van der Waals surface area (Å²) >= 11 is 0. The molecule has 2 rings (SSSR count). The van der Waals surface area contributed by atoms with Gasteiger partial charge in [-0.1, -0.05) is 20.3 Å². The van der Waals surface area contributed by atoms with Gasteiger partial charge in [-0.2, -0.15) is 0 Å². The van der Waals surface area contributed by atoms with Crippen molar-refractivity contribution in [3.05, 3.63) is 34.4 Å². The Hall–Kier alpha value is -2.19. The van der Waals surface area contributed by atoms with Crippen LogP contribution in [0.2, 0.25) is 0 Å². The van der Waals surface area contributed by atoms with Crippen molar-refractivity contribution in [1.82, 2.24) is 0 Å². The monoisotopic (exact) mass is 339 g/mol. The molecule has 1 aromatic rings. The molecule has 1 fully saturated rings. The summed E-state index contributed by atoms with van der Waals surface area (Å²) in [5.74, 6) is 0.825. The number of carbonyl (C=O) groups excluding carboxylic acids is 1. The van der Waals surface area contributed by atoms with Gasteiger partial charge in [0.25, 0.3) is 5.69 Å². The summed E-state index contributed by atoms with van der Waals surface area (Å²) in [6.07, 6.45) is 0.250. The van der Waals surface area contributed by atoms with Gasteiger partial charge in [-0.15, -0.1) is 0 Å². The number of benzene rings is 1. The summed E-state index contributed by atoms with van der Waals surface area (Å²) in [5, 5.41) is 10.6. The van der Waals surface area contributed by atoms with Gasteiger partial charge in [0.1, 0.15) is 18.5 Å². The van der Waals surface area contributed by atoms with Crippen LogP contribution in [0.1, 0.15) is 26.7 Å². The first-order valence-electron chi connectivity index (χ1n) is 7.87. The van der Waals surface area contributed by atoms with Gasteiger partial charge in [0.15, 0.2) is 0 Å². The van der Waals surface area contributed by atoms with Crippen LogP contribution in [0.4, 0.5) is 10.5 Å². The largest absolute Gasteiger partial charge is 0.514 e. The third-order valence-electron chi connectivity index (χ3n) is 4.09. The molecule has 1 aliphatic rings. The first-order chi connectivity index (χ1) is 11.5. The molecule has 0 amide bonds. The van der Waals surface area contributed by atoms with Crippen LogP contribution in [-0.2, 0) is 14.5 Å². The maximum atomic E-state index is 11.9. The molecule has 0 aromatic heterocycles. The van der Waals surface area contributed by atoms with Crippen LogP contribution in [0.3, 0.4) is 0 Å². The molecular formula is C16H21NO7. The van der Waals surface area contributed by atoms with E-state index in [0.717, 1.165) is 6.42 Å². The van der Waals surface area contributed by atoms with Crippen LogP contribution in [0.15, 0.2) is 24.3 Å². The van der Waals surface area contributed by atoms with Crippen LogP contribution in [0, 0.1) is 22.0 Å². The van der Waals surface area contributed by atoms with Crippen LogP contribution in [0.25, 0.3) is 0 Å². The lowest BCUT2D eigenvalue weighted by atomic mass is 9.88. The topological polar surface area (TPSA) is 97.1 Å². The van der Waals surface area contributed by atoms with Gasteiger partial charge >= 0.3 is 6.16 Å². The van der Waals surface area contributed by atoms with Gasteiger partial charge < -0.3 is 9.47 Å². The first-order valence-corrected chi connectivity index (χ1v) is 7.87. The van der Waals surface area contributed by atoms with E-state index in [2.05, 4.69) is 13.8 Å². The molecule has 1 aliphatic heterocycles. The van der Waals surface area contributed by atoms with E-state index in [-0.39, 0.29) is 18.0 Å². The van der Waals surface area contributed by atoms with Gasteiger partial charge in [-0.3, -0.25) is 10.1 Å². The van der Waals surface area contributed by atoms with Gasteiger partial charge in [0, 0.05) is 12.1 Å². The normalized spacial score (nSPS) is 24.5. The molecule has 0 bridgehead atoms. The predicted molar refractivity (Wildman–Crippen MR) is 83.5 cm³/mol. The van der Waals surface area contributed by atoms with Crippen LogP contribution < -0.4 is 4.74 Å². The van der Waals surface area contributed by atoms with Crippen molar-refractivity contribution in [3.63, 3.8) is 0 Å². The van der Waals surface area contributed by atoms with Crippen LogP contribution in [0.5, 0.6) is 5.75 Å². The average Bonchev–Trinajstić information content (AvgIpc) is 2.53. The molecule has 132 valence electrons. The number of nitro benzene ring substituents is 1. The molecule has 0 aliphatic carbocycles. The van der Waals surface area contributed by atoms with E-state index in [9.17, 15) is 14.9 Å². The molecule has 1 aromatic carbocycles. The maximum absolute atomic E-state index is 11.9. The summed E-state index contributed by atoms with van der Waals surface area (Å²) in [7, 11) is 0. The Morgan fingerprint density at radius 2 is 1.96 bits per heavy atom. The molecule has 3 unspecified atom stereocenters. The highest BCUT2D eigenvalue weighted by atomic mass is 17.2. The molecule has 0 N–H and O–H groups in total. The molecule has 8 heteroatoms. The smallest absolute Gasteiger partial charge is 0.428 e. The lowest BCUT2D eigenvalue weighted by molar-refractivity contribution is -0.384. The van der Waals surface area contributed by atoms with Gasteiger partial charge in [-0.05, 0) is 30.4 Å². The van der Waals surface area contributed by atoms with Crippen molar-refractivity contribution in [1.29, 1.82) is 0 Å². The van der Waals surface area contributed by atoms with Crippen molar-refractivity contribution in [2.75, 3.05) is 13.2 Å². The summed E-state index contributed by atoms with van der Waals surface area (Å²) in [6, 6.07) is 5.19. The van der Waals surface area contributed by atoms with Gasteiger partial charge in [0.05, 0.1) is 11.5 Å². The van der Waals surface area contributed by atoms with Crippen molar-refractivity contribution >= 4 is 11.8 Å². The number of carbonyl (C=O) groups is 1. The molecule has 3 atom stereocenters. The Bertz CT molecular complexity index is 560. The van der Waals surface area contributed by atoms with Crippen molar-refractivity contribution in [2.45, 2.75) is 32.8 Å².